The van der Waals surface area contributed by atoms with Crippen LogP contribution in [0.25, 0.3) is 0 Å². The Kier molecular flexibility index (Phi) is 4.63. The van der Waals surface area contributed by atoms with Gasteiger partial charge in [-0.15, -0.1) is 0 Å². The normalized spacial score (nSPS) is 15.7. The van der Waals surface area contributed by atoms with Gasteiger partial charge in [-0.3, -0.25) is 4.90 Å². The van der Waals surface area contributed by atoms with Gasteiger partial charge < -0.3 is 9.47 Å². The van der Waals surface area contributed by atoms with E-state index in [2.05, 4.69) is 0 Å². The highest BCUT2D eigenvalue weighted by Gasteiger charge is 2.26. The molecular formula is C15H23NO4. The lowest BCUT2D eigenvalue weighted by Crippen LogP contribution is -2.37. The van der Waals surface area contributed by atoms with Crippen LogP contribution in [0.4, 0.5) is 4.79 Å². The van der Waals surface area contributed by atoms with E-state index in [1.165, 1.54) is 4.90 Å². The molecule has 112 valence electrons. The van der Waals surface area contributed by atoms with Crippen LogP contribution in [-0.2, 0) is 14.3 Å². The molecule has 1 rings (SSSR count). The first kappa shape index (κ1) is 16.3. The Morgan fingerprint density at radius 1 is 1.05 bits per heavy atom. The Balaban J connectivity index is 2.68. The van der Waals surface area contributed by atoms with Crippen molar-refractivity contribution in [1.82, 2.24) is 4.90 Å². The van der Waals surface area contributed by atoms with Crippen molar-refractivity contribution < 1.29 is 19.1 Å². The highest BCUT2D eigenvalue weighted by atomic mass is 16.6. The maximum absolute atomic E-state index is 12.0. The van der Waals surface area contributed by atoms with Gasteiger partial charge in [-0.1, -0.05) is 0 Å². The van der Waals surface area contributed by atoms with Crippen molar-refractivity contribution in [3.63, 3.8) is 0 Å². The number of hydrogen-bond acceptors (Lipinski definition) is 4. The third kappa shape index (κ3) is 5.47. The largest absolute Gasteiger partial charge is 0.457 e. The highest BCUT2D eigenvalue weighted by molar-refractivity contribution is 5.90. The Hall–Kier alpha value is -1.78. The summed E-state index contributed by atoms with van der Waals surface area (Å²) in [5.74, 6) is -0.421. The van der Waals surface area contributed by atoms with Gasteiger partial charge in [0.15, 0.2) is 0 Å². The first-order valence-electron chi connectivity index (χ1n) is 6.58. The third-order valence-corrected chi connectivity index (χ3v) is 2.19. The number of esters is 1. The van der Waals surface area contributed by atoms with Gasteiger partial charge >= 0.3 is 12.1 Å². The average molecular weight is 281 g/mol. The van der Waals surface area contributed by atoms with Crippen LogP contribution in [0.1, 0.15) is 41.5 Å². The molecule has 1 aliphatic rings. The number of ether oxygens (including phenoxy) is 2. The molecule has 0 fully saturated rings. The highest BCUT2D eigenvalue weighted by Crippen LogP contribution is 2.17. The van der Waals surface area contributed by atoms with Crippen LogP contribution >= 0.6 is 0 Å². The van der Waals surface area contributed by atoms with Gasteiger partial charge in [-0.05, 0) is 53.7 Å². The molecule has 1 aliphatic heterocycles. The van der Waals surface area contributed by atoms with Crippen molar-refractivity contribution in [1.29, 1.82) is 0 Å². The summed E-state index contributed by atoms with van der Waals surface area (Å²) in [4.78, 5) is 25.3. The molecule has 0 unspecified atom stereocenters. The lowest BCUT2D eigenvalue weighted by atomic mass is 10.1. The molecule has 1 heterocycles. The summed E-state index contributed by atoms with van der Waals surface area (Å²) in [5.41, 5.74) is -0.707. The van der Waals surface area contributed by atoms with Crippen LogP contribution in [0.15, 0.2) is 23.9 Å². The Bertz CT molecular complexity index is 449. The van der Waals surface area contributed by atoms with Gasteiger partial charge in [0, 0.05) is 6.20 Å². The standard InChI is InChI=1S/C15H23NO4/c1-14(2,3)19-12(17)11-8-7-9-16(10-11)13(18)20-15(4,5)6/h7-9H,10H2,1-6H3. The van der Waals surface area contributed by atoms with Crippen LogP contribution in [0.3, 0.4) is 0 Å². The fourth-order valence-corrected chi connectivity index (χ4v) is 1.47. The lowest BCUT2D eigenvalue weighted by Gasteiger charge is -2.27. The molecule has 0 N–H and O–H groups in total. The van der Waals surface area contributed by atoms with E-state index >= 15 is 0 Å². The summed E-state index contributed by atoms with van der Waals surface area (Å²) in [6.45, 7) is 10.9. The third-order valence-electron chi connectivity index (χ3n) is 2.19. The van der Waals surface area contributed by atoms with Crippen molar-refractivity contribution in [3.05, 3.63) is 23.9 Å². The van der Waals surface area contributed by atoms with E-state index in [1.807, 2.05) is 0 Å². The first-order valence-corrected chi connectivity index (χ1v) is 6.58. The van der Waals surface area contributed by atoms with E-state index in [9.17, 15) is 9.59 Å². The molecule has 0 saturated heterocycles. The minimum atomic E-state index is -0.571. The van der Waals surface area contributed by atoms with E-state index in [4.69, 9.17) is 9.47 Å². The Morgan fingerprint density at radius 3 is 2.10 bits per heavy atom. The summed E-state index contributed by atoms with van der Waals surface area (Å²) in [6.07, 6.45) is 4.38. The number of amides is 1. The van der Waals surface area contributed by atoms with Crippen LogP contribution in [-0.4, -0.2) is 34.7 Å². The van der Waals surface area contributed by atoms with Gasteiger partial charge in [-0.2, -0.15) is 0 Å². The maximum Gasteiger partial charge on any atom is 0.414 e. The molecule has 20 heavy (non-hydrogen) atoms. The van der Waals surface area contributed by atoms with E-state index in [1.54, 1.807) is 59.9 Å². The maximum atomic E-state index is 12.0. The first-order chi connectivity index (χ1) is 8.98. The quantitative estimate of drug-likeness (QED) is 0.693. The van der Waals surface area contributed by atoms with Crippen molar-refractivity contribution in [2.45, 2.75) is 52.7 Å². The molecular weight excluding hydrogens is 258 g/mol. The summed E-state index contributed by atoms with van der Waals surface area (Å²) >= 11 is 0. The van der Waals surface area contributed by atoms with E-state index in [-0.39, 0.29) is 6.54 Å². The molecule has 0 bridgehead atoms. The molecule has 0 saturated carbocycles. The fourth-order valence-electron chi connectivity index (χ4n) is 1.47. The predicted octanol–water partition coefficient (Wildman–Crippen LogP) is 3.02. The Morgan fingerprint density at radius 2 is 1.60 bits per heavy atom. The predicted molar refractivity (Wildman–Crippen MR) is 76.0 cm³/mol. The van der Waals surface area contributed by atoms with Crippen molar-refractivity contribution in [2.24, 2.45) is 0 Å². The van der Waals surface area contributed by atoms with E-state index < -0.39 is 23.3 Å². The van der Waals surface area contributed by atoms with Gasteiger partial charge in [0.1, 0.15) is 11.2 Å². The zero-order valence-corrected chi connectivity index (χ0v) is 13.0. The zero-order chi connectivity index (χ0) is 15.6. The van der Waals surface area contributed by atoms with Gasteiger partial charge in [0.2, 0.25) is 0 Å². The molecule has 0 aromatic rings. The van der Waals surface area contributed by atoms with Gasteiger partial charge in [0.25, 0.3) is 0 Å². The average Bonchev–Trinajstić information content (AvgIpc) is 2.24. The molecule has 1 amide bonds. The van der Waals surface area contributed by atoms with Crippen molar-refractivity contribution in [3.8, 4) is 0 Å². The van der Waals surface area contributed by atoms with Gasteiger partial charge in [-0.25, -0.2) is 9.59 Å². The summed E-state index contributed by atoms with van der Waals surface area (Å²) in [5, 5.41) is 0. The lowest BCUT2D eigenvalue weighted by molar-refractivity contribution is -0.150. The number of allylic oxidation sites excluding steroid dienone is 2. The Labute approximate surface area is 120 Å². The van der Waals surface area contributed by atoms with Crippen LogP contribution in [0.2, 0.25) is 0 Å². The summed E-state index contributed by atoms with van der Waals surface area (Å²) < 4.78 is 10.5. The second-order valence-electron chi connectivity index (χ2n) is 6.64. The number of hydrogen-bond donors (Lipinski definition) is 0. The second kappa shape index (κ2) is 5.69. The molecule has 0 aliphatic carbocycles. The summed E-state index contributed by atoms with van der Waals surface area (Å²) in [6, 6.07) is 0. The molecule has 0 atom stereocenters. The molecule has 5 heteroatoms. The van der Waals surface area contributed by atoms with Crippen molar-refractivity contribution in [2.75, 3.05) is 6.54 Å². The minimum absolute atomic E-state index is 0.153. The molecule has 0 radical (unpaired) electrons. The van der Waals surface area contributed by atoms with Crippen LogP contribution in [0.5, 0.6) is 0 Å². The summed E-state index contributed by atoms with van der Waals surface area (Å²) in [7, 11) is 0. The topological polar surface area (TPSA) is 55.8 Å². The molecule has 0 spiro atoms. The zero-order valence-electron chi connectivity index (χ0n) is 13.0. The van der Waals surface area contributed by atoms with Gasteiger partial charge in [0.05, 0.1) is 12.1 Å². The molecule has 0 aromatic heterocycles. The van der Waals surface area contributed by atoms with E-state index in [0.29, 0.717) is 5.57 Å². The number of carbonyl (C=O) groups excluding carboxylic acids is 2. The van der Waals surface area contributed by atoms with Crippen molar-refractivity contribution >= 4 is 12.1 Å². The molecule has 5 nitrogen and oxygen atoms in total. The monoisotopic (exact) mass is 281 g/mol. The van der Waals surface area contributed by atoms with E-state index in [0.717, 1.165) is 0 Å². The SMILES string of the molecule is CC(C)(C)OC(=O)C1=CC=CN(C(=O)OC(C)(C)C)C1. The number of rotatable bonds is 1. The second-order valence-corrected chi connectivity index (χ2v) is 6.64. The van der Waals surface area contributed by atoms with Crippen LogP contribution in [0, 0.1) is 0 Å². The smallest absolute Gasteiger partial charge is 0.414 e. The minimum Gasteiger partial charge on any atom is -0.457 e. The van der Waals surface area contributed by atoms with Crippen LogP contribution < -0.4 is 0 Å². The number of nitrogens with zero attached hydrogens (tertiary/aromatic N) is 1. The molecule has 0 aromatic carbocycles. The fraction of sp³-hybridized carbons (Fsp3) is 0.600. The number of carbonyl (C=O) groups is 2.